The molecule has 0 aromatic carbocycles. The van der Waals surface area contributed by atoms with Crippen LogP contribution in [0.25, 0.3) is 0 Å². The number of likely N-dealkylation sites (N-methyl/N-ethyl adjacent to an activating group) is 7. The molecule has 0 aromatic rings. The molecule has 4 heterocycles. The molecule has 616 valence electrons. The van der Waals surface area contributed by atoms with E-state index in [1.54, 1.807) is 13.8 Å². The van der Waals surface area contributed by atoms with E-state index in [0.29, 0.717) is 51.0 Å². The fourth-order valence-electron chi connectivity index (χ4n) is 17.9. The van der Waals surface area contributed by atoms with Crippen LogP contribution in [0.4, 0.5) is 13.2 Å². The van der Waals surface area contributed by atoms with Crippen LogP contribution in [0, 0.1) is 41.4 Å². The standard InChI is InChI=1S/C78H126ClF3N12O15/c1-13-50(6)67-74(104)88(9)46-64(97)86(7)47-65(98)93(14-2)61(41-52-26-24-49(5)25-27-52)72(102)87(8)45-62(95)83-57(31-29-51-28-30-55(56(79)40-51)78(80,81)82)71(101)94-44-54(109-66-23-17-20-36-108-66)42-59(94)70(100)85-77(32-18-19-33-77)76(106)91(12)68(53-21-15-16-22-53)75(105)90(11)60(73(103)92-34-37-107-38-35-92)43-63(96)89(10)58(39-48(3)4)69(99)84-67/h48-61,66-68H,13-47H2,1-12H3,(H,83,95)(H,84,99)(H,85,100)/t49?,50-,51?,52?,54+,55?,56?,57-,58-,59-,60-,61-,66?,67-,68-/m0/s1. The summed E-state index contributed by atoms with van der Waals surface area (Å²) in [5, 5.41) is 7.67. The fourth-order valence-corrected chi connectivity index (χ4v) is 18.4. The van der Waals surface area contributed by atoms with Gasteiger partial charge in [-0.25, -0.2) is 0 Å². The Morgan fingerprint density at radius 1 is 0.651 bits per heavy atom. The normalized spacial score (nSPS) is 31.9. The van der Waals surface area contributed by atoms with Crippen molar-refractivity contribution in [3.8, 4) is 0 Å². The molecule has 8 aliphatic rings. The minimum Gasteiger partial charge on any atom is -0.378 e. The molecule has 1 spiro atoms. The number of amides is 12. The van der Waals surface area contributed by atoms with Crippen LogP contribution in [0.2, 0.25) is 0 Å². The van der Waals surface area contributed by atoms with Crippen molar-refractivity contribution in [1.82, 2.24) is 60.0 Å². The van der Waals surface area contributed by atoms with Gasteiger partial charge in [-0.3, -0.25) is 57.5 Å². The number of hydrogen-bond acceptors (Lipinski definition) is 15. The van der Waals surface area contributed by atoms with Crippen LogP contribution in [-0.2, 0) is 71.7 Å². The lowest BCUT2D eigenvalue weighted by Gasteiger charge is -2.42. The summed E-state index contributed by atoms with van der Waals surface area (Å²) in [7, 11) is 8.57. The number of nitrogens with zero attached hydrogens (tertiary/aromatic N) is 9. The van der Waals surface area contributed by atoms with Gasteiger partial charge in [0.05, 0.1) is 51.3 Å². The highest BCUT2D eigenvalue weighted by atomic mass is 35.5. The number of hydrogen-bond donors (Lipinski definition) is 3. The van der Waals surface area contributed by atoms with Crippen LogP contribution in [0.15, 0.2) is 0 Å². The Balaban J connectivity index is 1.20. The van der Waals surface area contributed by atoms with Crippen molar-refractivity contribution in [2.24, 2.45) is 41.4 Å². The van der Waals surface area contributed by atoms with E-state index in [1.165, 1.54) is 76.6 Å². The smallest absolute Gasteiger partial charge is 0.378 e. The van der Waals surface area contributed by atoms with Crippen molar-refractivity contribution in [1.29, 1.82) is 0 Å². The molecule has 0 radical (unpaired) electrons. The Morgan fingerprint density at radius 2 is 1.28 bits per heavy atom. The molecule has 109 heavy (non-hydrogen) atoms. The second-order valence-corrected chi connectivity index (χ2v) is 33.9. The molecule has 12 amide bonds. The van der Waals surface area contributed by atoms with E-state index in [2.05, 4.69) is 22.9 Å². The molecule has 3 N–H and O–H groups in total. The van der Waals surface area contributed by atoms with Gasteiger partial charge in [0.2, 0.25) is 70.9 Å². The third-order valence-electron chi connectivity index (χ3n) is 24.9. The first-order valence-electron chi connectivity index (χ1n) is 40.5. The summed E-state index contributed by atoms with van der Waals surface area (Å²) in [4.78, 5) is 194. The first kappa shape index (κ1) is 88.2. The summed E-state index contributed by atoms with van der Waals surface area (Å²) < 4.78 is 60.8. The van der Waals surface area contributed by atoms with Gasteiger partial charge in [-0.1, -0.05) is 92.4 Å². The Bertz CT molecular complexity index is 3160. The zero-order chi connectivity index (χ0) is 79.9. The molecule has 4 unspecified atom stereocenters. The van der Waals surface area contributed by atoms with E-state index >= 15 is 33.6 Å². The second kappa shape index (κ2) is 39.9. The van der Waals surface area contributed by atoms with Gasteiger partial charge in [0.25, 0.3) is 0 Å². The third-order valence-corrected chi connectivity index (χ3v) is 25.4. The number of alkyl halides is 4. The molecule has 4 saturated carbocycles. The maximum Gasteiger partial charge on any atom is 0.393 e. The molecular weight excluding hydrogens is 1440 g/mol. The Labute approximate surface area is 647 Å². The molecule has 8 fully saturated rings. The lowest BCUT2D eigenvalue weighted by atomic mass is 9.78. The molecule has 4 saturated heterocycles. The number of carbonyl (C=O) groups is 12. The average molecular weight is 1560 g/mol. The number of ether oxygens (including phenoxy) is 3. The van der Waals surface area contributed by atoms with Crippen molar-refractivity contribution in [3.05, 3.63) is 0 Å². The first-order chi connectivity index (χ1) is 51.6. The van der Waals surface area contributed by atoms with Gasteiger partial charge in [-0.15, -0.1) is 11.6 Å². The summed E-state index contributed by atoms with van der Waals surface area (Å²) in [6.07, 6.45) is 2.98. The summed E-state index contributed by atoms with van der Waals surface area (Å²) in [6, 6.07) is -9.04. The van der Waals surface area contributed by atoms with Gasteiger partial charge in [0, 0.05) is 86.9 Å². The molecule has 0 aromatic heterocycles. The number of halogens is 4. The van der Waals surface area contributed by atoms with Crippen molar-refractivity contribution in [2.45, 2.75) is 274 Å². The number of morpholine rings is 1. The number of carbonyl (C=O) groups excluding carboxylic acids is 12. The van der Waals surface area contributed by atoms with Crippen LogP contribution in [0.5, 0.6) is 0 Å². The molecule has 4 aliphatic heterocycles. The molecule has 0 bridgehead atoms. The predicted octanol–water partition coefficient (Wildman–Crippen LogP) is 6.10. The number of rotatable bonds is 14. The van der Waals surface area contributed by atoms with Crippen LogP contribution in [-0.4, -0.2) is 295 Å². The Hall–Kier alpha value is -6.40. The van der Waals surface area contributed by atoms with E-state index < -0.39 is 192 Å². The van der Waals surface area contributed by atoms with Gasteiger partial charge in [-0.2, -0.15) is 13.2 Å². The summed E-state index contributed by atoms with van der Waals surface area (Å²) in [5.74, 6) is -10.7. The molecule has 4 aliphatic carbocycles. The zero-order valence-electron chi connectivity index (χ0n) is 66.7. The Morgan fingerprint density at radius 3 is 1.89 bits per heavy atom. The minimum atomic E-state index is -4.54. The highest BCUT2D eigenvalue weighted by Crippen LogP contribution is 2.44. The van der Waals surface area contributed by atoms with Crippen LogP contribution >= 0.6 is 11.6 Å². The van der Waals surface area contributed by atoms with Crippen molar-refractivity contribution < 1.29 is 84.9 Å². The van der Waals surface area contributed by atoms with Crippen LogP contribution in [0.3, 0.4) is 0 Å². The van der Waals surface area contributed by atoms with E-state index in [9.17, 15) is 37.1 Å². The lowest BCUT2D eigenvalue weighted by Crippen LogP contribution is -2.65. The highest BCUT2D eigenvalue weighted by Gasteiger charge is 2.54. The van der Waals surface area contributed by atoms with Crippen molar-refractivity contribution >= 4 is 82.5 Å². The van der Waals surface area contributed by atoms with Gasteiger partial charge in [-0.05, 0) is 132 Å². The summed E-state index contributed by atoms with van der Waals surface area (Å²) in [6.45, 7) is 10.4. The summed E-state index contributed by atoms with van der Waals surface area (Å²) >= 11 is 6.49. The van der Waals surface area contributed by atoms with Gasteiger partial charge in [0.1, 0.15) is 47.8 Å². The molecule has 27 nitrogen and oxygen atoms in total. The van der Waals surface area contributed by atoms with Crippen LogP contribution in [0.1, 0.15) is 202 Å². The minimum absolute atomic E-state index is 0.00492. The van der Waals surface area contributed by atoms with E-state index in [4.69, 9.17) is 25.8 Å². The second-order valence-electron chi connectivity index (χ2n) is 33.3. The monoisotopic (exact) mass is 1560 g/mol. The number of fused-ring (bicyclic) bond motifs is 1. The van der Waals surface area contributed by atoms with Gasteiger partial charge < -0.3 is 74.3 Å². The van der Waals surface area contributed by atoms with E-state index in [1.807, 2.05) is 20.8 Å². The molecule has 8 rings (SSSR count). The third kappa shape index (κ3) is 22.7. The number of nitrogens with one attached hydrogen (secondary N) is 3. The topological polar surface area (TPSA) is 298 Å². The largest absolute Gasteiger partial charge is 0.393 e. The lowest BCUT2D eigenvalue weighted by molar-refractivity contribution is -0.185. The molecule has 31 heteroatoms. The molecular formula is C78H126ClF3N12O15. The molecule has 13 atom stereocenters. The maximum absolute atomic E-state index is 16.0. The van der Waals surface area contributed by atoms with E-state index in [-0.39, 0.29) is 115 Å². The highest BCUT2D eigenvalue weighted by molar-refractivity contribution is 6.21. The van der Waals surface area contributed by atoms with E-state index in [0.717, 1.165) is 61.2 Å². The maximum atomic E-state index is 16.0. The quantitative estimate of drug-likeness (QED) is 0.166. The van der Waals surface area contributed by atoms with Crippen LogP contribution < -0.4 is 16.0 Å². The van der Waals surface area contributed by atoms with Gasteiger partial charge in [0.15, 0.2) is 6.29 Å². The average Bonchev–Trinajstić information content (AvgIpc) is 1.69. The van der Waals surface area contributed by atoms with Crippen molar-refractivity contribution in [2.75, 3.05) is 108 Å². The Kier molecular flexibility index (Phi) is 32.2. The fraction of sp³-hybridized carbons (Fsp3) is 0.846. The predicted molar refractivity (Wildman–Crippen MR) is 400 cm³/mol. The summed E-state index contributed by atoms with van der Waals surface area (Å²) in [5.41, 5.74) is -1.64. The first-order valence-corrected chi connectivity index (χ1v) is 40.9. The zero-order valence-corrected chi connectivity index (χ0v) is 67.5. The van der Waals surface area contributed by atoms with Gasteiger partial charge >= 0.3 is 6.18 Å². The SMILES string of the molecule is CC[C@H](C)[C@@H]1NC(=O)[C@H](CC(C)C)N(C)C(=O)C[C@@H](C(=O)N2CCOCC2)N(C)C(=O)[C@H](C2CCCC2)N(C)C(=O)C2(CCCC2)NC(=O)[C@@H]2C[C@@H](OC3CCCCO3)CN2C(=O)[C@H](CCC2CCC(C(F)(F)F)C(Cl)C2)NC(=O)CN(C)C(=O)[C@H](CC2CCC(C)CC2)N(CC)C(=O)CN(C)C(=O)CN(C)C1=O. The van der Waals surface area contributed by atoms with Crippen molar-refractivity contribution in [3.63, 3.8) is 0 Å².